The molecule has 0 bridgehead atoms. The summed E-state index contributed by atoms with van der Waals surface area (Å²) < 4.78 is 12.3. The van der Waals surface area contributed by atoms with Crippen molar-refractivity contribution in [3.63, 3.8) is 0 Å². The normalized spacial score (nSPS) is 14.5. The van der Waals surface area contributed by atoms with Crippen molar-refractivity contribution >= 4 is 21.6 Å². The number of benzene rings is 2. The Labute approximate surface area is 128 Å². The van der Waals surface area contributed by atoms with Gasteiger partial charge >= 0.3 is 0 Å². The molecule has 2 atom stereocenters. The van der Waals surface area contributed by atoms with Crippen LogP contribution >= 0.6 is 0 Å². The fraction of sp³-hybridized carbons (Fsp3) is 0.412. The van der Waals surface area contributed by atoms with Gasteiger partial charge in [0.1, 0.15) is 0 Å². The maximum absolute atomic E-state index is 12.3. The average Bonchev–Trinajstić information content (AvgIpc) is 2.46. The minimum absolute atomic E-state index is 0.267. The lowest BCUT2D eigenvalue weighted by molar-refractivity contribution is 0.193. The zero-order valence-corrected chi connectivity index (χ0v) is 13.4. The molecule has 2 aromatic carbocycles. The highest BCUT2D eigenvalue weighted by molar-refractivity contribution is 7.85. The lowest BCUT2D eigenvalue weighted by Crippen LogP contribution is -2.32. The summed E-state index contributed by atoms with van der Waals surface area (Å²) in [5.41, 5.74) is 0. The maximum Gasteiger partial charge on any atom is 0.0783 e. The van der Waals surface area contributed by atoms with E-state index in [1.54, 1.807) is 0 Å². The van der Waals surface area contributed by atoms with Crippen LogP contribution in [0, 0.1) is 5.92 Å². The highest BCUT2D eigenvalue weighted by Crippen LogP contribution is 2.18. The fourth-order valence-corrected chi connectivity index (χ4v) is 3.32. The predicted octanol–water partition coefficient (Wildman–Crippen LogP) is 2.55. The lowest BCUT2D eigenvalue weighted by atomic mass is 10.1. The summed E-state index contributed by atoms with van der Waals surface area (Å²) in [5.74, 6) is 0.812. The van der Waals surface area contributed by atoms with Gasteiger partial charge in [0.2, 0.25) is 0 Å². The van der Waals surface area contributed by atoms with Crippen LogP contribution in [-0.4, -0.2) is 34.3 Å². The number of rotatable bonds is 7. The monoisotopic (exact) mass is 305 g/mol. The van der Waals surface area contributed by atoms with E-state index in [9.17, 15) is 9.32 Å². The molecule has 0 aliphatic carbocycles. The summed E-state index contributed by atoms with van der Waals surface area (Å²) in [5, 5.41) is 15.4. The van der Waals surface area contributed by atoms with E-state index in [4.69, 9.17) is 0 Å². The molecule has 0 aromatic heterocycles. The number of hydrogen-bond donors (Lipinski definition) is 2. The van der Waals surface area contributed by atoms with Gasteiger partial charge < -0.3 is 10.4 Å². The second-order valence-electron chi connectivity index (χ2n) is 5.73. The van der Waals surface area contributed by atoms with Crippen molar-refractivity contribution in [2.45, 2.75) is 24.8 Å². The van der Waals surface area contributed by atoms with Gasteiger partial charge in [0.15, 0.2) is 0 Å². The summed E-state index contributed by atoms with van der Waals surface area (Å²) in [6.07, 6.45) is -0.587. The van der Waals surface area contributed by atoms with Gasteiger partial charge in [-0.3, -0.25) is 4.21 Å². The predicted molar refractivity (Wildman–Crippen MR) is 88.9 cm³/mol. The third-order valence-corrected chi connectivity index (χ3v) is 4.73. The molecule has 2 rings (SSSR count). The molecule has 0 radical (unpaired) electrons. The second-order valence-corrected chi connectivity index (χ2v) is 7.22. The number of nitrogens with one attached hydrogen (secondary N) is 1. The van der Waals surface area contributed by atoms with Crippen LogP contribution in [0.2, 0.25) is 0 Å². The lowest BCUT2D eigenvalue weighted by Gasteiger charge is -2.13. The summed E-state index contributed by atoms with van der Waals surface area (Å²) in [6, 6.07) is 13.8. The molecule has 3 nitrogen and oxygen atoms in total. The molecule has 0 aliphatic rings. The molecule has 21 heavy (non-hydrogen) atoms. The SMILES string of the molecule is CC(C)CNCC(O)CS(=O)c1ccc2ccccc2c1. The van der Waals surface area contributed by atoms with Crippen LogP contribution in [0.5, 0.6) is 0 Å². The maximum atomic E-state index is 12.3. The molecule has 0 spiro atoms. The van der Waals surface area contributed by atoms with Crippen LogP contribution in [0.3, 0.4) is 0 Å². The summed E-state index contributed by atoms with van der Waals surface area (Å²) in [4.78, 5) is 0.775. The molecule has 0 amide bonds. The van der Waals surface area contributed by atoms with Crippen LogP contribution < -0.4 is 5.32 Å². The third-order valence-electron chi connectivity index (χ3n) is 3.26. The van der Waals surface area contributed by atoms with Crippen LogP contribution in [-0.2, 0) is 10.8 Å². The van der Waals surface area contributed by atoms with E-state index < -0.39 is 16.9 Å². The molecular weight excluding hydrogens is 282 g/mol. The summed E-state index contributed by atoms with van der Waals surface area (Å²) in [6.45, 7) is 5.58. The fourth-order valence-electron chi connectivity index (χ4n) is 2.18. The molecule has 0 heterocycles. The standard InChI is InChI=1S/C17H23NO2S/c1-13(2)10-18-11-16(19)12-21(20)17-8-7-14-5-3-4-6-15(14)9-17/h3-9,13,16,18-19H,10-12H2,1-2H3. The highest BCUT2D eigenvalue weighted by Gasteiger charge is 2.11. The molecule has 2 unspecified atom stereocenters. The largest absolute Gasteiger partial charge is 0.391 e. The topological polar surface area (TPSA) is 49.3 Å². The number of aliphatic hydroxyl groups excluding tert-OH is 1. The van der Waals surface area contributed by atoms with Gasteiger partial charge in [0, 0.05) is 11.4 Å². The molecule has 0 saturated carbocycles. The molecule has 114 valence electrons. The summed E-state index contributed by atoms with van der Waals surface area (Å²) >= 11 is 0. The van der Waals surface area contributed by atoms with E-state index in [1.165, 1.54) is 0 Å². The molecule has 0 fully saturated rings. The number of fused-ring (bicyclic) bond motifs is 1. The second kappa shape index (κ2) is 7.69. The molecule has 0 saturated heterocycles. The quantitative estimate of drug-likeness (QED) is 0.826. The third kappa shape index (κ3) is 4.92. The van der Waals surface area contributed by atoms with Crippen molar-refractivity contribution in [2.75, 3.05) is 18.8 Å². The van der Waals surface area contributed by atoms with Gasteiger partial charge in [-0.1, -0.05) is 44.2 Å². The molecule has 2 aromatic rings. The van der Waals surface area contributed by atoms with E-state index in [2.05, 4.69) is 19.2 Å². The Morgan fingerprint density at radius 1 is 1.10 bits per heavy atom. The van der Waals surface area contributed by atoms with Crippen molar-refractivity contribution in [3.8, 4) is 0 Å². The van der Waals surface area contributed by atoms with Crippen LogP contribution in [0.1, 0.15) is 13.8 Å². The van der Waals surface area contributed by atoms with Gasteiger partial charge in [-0.05, 0) is 35.4 Å². The van der Waals surface area contributed by atoms with E-state index in [0.717, 1.165) is 22.2 Å². The van der Waals surface area contributed by atoms with Crippen LogP contribution in [0.4, 0.5) is 0 Å². The average molecular weight is 305 g/mol. The Morgan fingerprint density at radius 3 is 2.52 bits per heavy atom. The number of aliphatic hydroxyl groups is 1. The molecule has 2 N–H and O–H groups in total. The van der Waals surface area contributed by atoms with Crippen LogP contribution in [0.15, 0.2) is 47.4 Å². The smallest absolute Gasteiger partial charge is 0.0783 e. The molecular formula is C17H23NO2S. The first-order valence-corrected chi connectivity index (χ1v) is 8.64. The van der Waals surface area contributed by atoms with E-state index in [0.29, 0.717) is 12.5 Å². The van der Waals surface area contributed by atoms with Crippen molar-refractivity contribution < 1.29 is 9.32 Å². The van der Waals surface area contributed by atoms with Gasteiger partial charge in [0.25, 0.3) is 0 Å². The Morgan fingerprint density at radius 2 is 1.81 bits per heavy atom. The Bertz CT molecular complexity index is 613. The van der Waals surface area contributed by atoms with Gasteiger partial charge in [-0.2, -0.15) is 0 Å². The Balaban J connectivity index is 1.95. The van der Waals surface area contributed by atoms with Crippen molar-refractivity contribution in [1.29, 1.82) is 0 Å². The molecule has 0 aliphatic heterocycles. The zero-order valence-electron chi connectivity index (χ0n) is 12.6. The first kappa shape index (κ1) is 16.1. The zero-order chi connectivity index (χ0) is 15.2. The number of hydrogen-bond acceptors (Lipinski definition) is 3. The van der Waals surface area contributed by atoms with Crippen molar-refractivity contribution in [1.82, 2.24) is 5.32 Å². The minimum atomic E-state index is -1.17. The first-order valence-electron chi connectivity index (χ1n) is 7.32. The Kier molecular flexibility index (Phi) is 5.91. The van der Waals surface area contributed by atoms with Gasteiger partial charge in [-0.15, -0.1) is 0 Å². The summed E-state index contributed by atoms with van der Waals surface area (Å²) in [7, 11) is -1.17. The van der Waals surface area contributed by atoms with Crippen LogP contribution in [0.25, 0.3) is 10.8 Å². The van der Waals surface area contributed by atoms with Crippen molar-refractivity contribution in [3.05, 3.63) is 42.5 Å². The van der Waals surface area contributed by atoms with E-state index in [-0.39, 0.29) is 5.75 Å². The van der Waals surface area contributed by atoms with Gasteiger partial charge in [0.05, 0.1) is 22.7 Å². The minimum Gasteiger partial charge on any atom is -0.391 e. The highest BCUT2D eigenvalue weighted by atomic mass is 32.2. The Hall–Kier alpha value is -1.23. The van der Waals surface area contributed by atoms with E-state index in [1.807, 2.05) is 42.5 Å². The molecule has 4 heteroatoms. The van der Waals surface area contributed by atoms with E-state index >= 15 is 0 Å². The first-order chi connectivity index (χ1) is 10.1. The van der Waals surface area contributed by atoms with Gasteiger partial charge in [-0.25, -0.2) is 0 Å². The van der Waals surface area contributed by atoms with Crippen molar-refractivity contribution in [2.24, 2.45) is 5.92 Å².